The van der Waals surface area contributed by atoms with Crippen molar-refractivity contribution in [2.45, 2.75) is 59.2 Å². The van der Waals surface area contributed by atoms with Crippen LogP contribution in [0.1, 0.15) is 61.8 Å². The Labute approximate surface area is 140 Å². The summed E-state index contributed by atoms with van der Waals surface area (Å²) in [6.45, 7) is 8.16. The second-order valence-electron chi connectivity index (χ2n) is 7.96. The Balaban J connectivity index is 1.80. The van der Waals surface area contributed by atoms with Gasteiger partial charge in [-0.05, 0) is 55.1 Å². The number of hydrogen-bond acceptors (Lipinski definition) is 2. The maximum atomic E-state index is 12.7. The van der Waals surface area contributed by atoms with E-state index in [1.165, 1.54) is 19.4 Å². The quantitative estimate of drug-likeness (QED) is 0.869. The maximum absolute atomic E-state index is 12.7. The highest BCUT2D eigenvalue weighted by atomic mass is 19.4. The van der Waals surface area contributed by atoms with Crippen LogP contribution in [0.5, 0.6) is 0 Å². The van der Waals surface area contributed by atoms with Crippen LogP contribution in [0.2, 0.25) is 0 Å². The normalized spacial score (nSPS) is 31.3. The van der Waals surface area contributed by atoms with Crippen molar-refractivity contribution in [1.82, 2.24) is 10.3 Å². The van der Waals surface area contributed by atoms with Crippen molar-refractivity contribution in [3.63, 3.8) is 0 Å². The smallest absolute Gasteiger partial charge is 0.349 e. The van der Waals surface area contributed by atoms with Crippen molar-refractivity contribution in [2.24, 2.45) is 16.7 Å². The summed E-state index contributed by atoms with van der Waals surface area (Å²) in [5, 5.41) is 3.06. The molecule has 1 amide bonds. The van der Waals surface area contributed by atoms with Crippen LogP contribution in [0.3, 0.4) is 0 Å². The first-order valence-electron chi connectivity index (χ1n) is 8.32. The fourth-order valence-corrected chi connectivity index (χ4v) is 4.62. The Hall–Kier alpha value is -1.59. The predicted molar refractivity (Wildman–Crippen MR) is 84.5 cm³/mol. The average molecular weight is 340 g/mol. The van der Waals surface area contributed by atoms with E-state index in [1.807, 2.05) is 0 Å². The number of nitrogens with one attached hydrogen (secondary N) is 1. The Kier molecular flexibility index (Phi) is 3.74. The molecule has 0 aliphatic heterocycles. The van der Waals surface area contributed by atoms with Crippen molar-refractivity contribution < 1.29 is 18.0 Å². The van der Waals surface area contributed by atoms with Gasteiger partial charge >= 0.3 is 6.18 Å². The molecule has 2 aliphatic rings. The molecule has 1 N–H and O–H groups in total. The summed E-state index contributed by atoms with van der Waals surface area (Å²) in [5.74, 6) is 0.253. The molecule has 2 saturated carbocycles. The molecule has 24 heavy (non-hydrogen) atoms. The number of aryl methyl sites for hydroxylation is 1. The topological polar surface area (TPSA) is 42.0 Å². The number of alkyl halides is 3. The van der Waals surface area contributed by atoms with E-state index in [1.54, 1.807) is 0 Å². The molecule has 3 atom stereocenters. The van der Waals surface area contributed by atoms with Crippen molar-refractivity contribution in [3.8, 4) is 0 Å². The standard InChI is InChI=1S/C18H23F3N2O/c1-10-12(5-6-13(22-10)18(19,20)21)15(24)23-14-9-11-7-8-17(14,4)16(11,2)3/h5-6,11,14H,7-9H2,1-4H3,(H,23,24). The lowest BCUT2D eigenvalue weighted by Crippen LogP contribution is -2.47. The Morgan fingerprint density at radius 3 is 2.42 bits per heavy atom. The molecular weight excluding hydrogens is 317 g/mol. The number of hydrogen-bond donors (Lipinski definition) is 1. The van der Waals surface area contributed by atoms with Gasteiger partial charge in [-0.3, -0.25) is 4.79 Å². The fraction of sp³-hybridized carbons (Fsp3) is 0.667. The number of carbonyl (C=O) groups excluding carboxylic acids is 1. The van der Waals surface area contributed by atoms with Gasteiger partial charge in [0, 0.05) is 6.04 Å². The van der Waals surface area contributed by atoms with Gasteiger partial charge in [0.25, 0.3) is 5.91 Å². The number of amides is 1. The molecule has 3 nitrogen and oxygen atoms in total. The molecule has 0 spiro atoms. The zero-order chi connectivity index (χ0) is 17.9. The highest BCUT2D eigenvalue weighted by Gasteiger charge is 2.61. The van der Waals surface area contributed by atoms with E-state index >= 15 is 0 Å². The molecule has 0 saturated heterocycles. The van der Waals surface area contributed by atoms with Crippen LogP contribution in [-0.4, -0.2) is 16.9 Å². The molecule has 3 unspecified atom stereocenters. The van der Waals surface area contributed by atoms with Gasteiger partial charge in [-0.1, -0.05) is 20.8 Å². The predicted octanol–water partition coefficient (Wildman–Crippen LogP) is 4.35. The van der Waals surface area contributed by atoms with Gasteiger partial charge in [-0.15, -0.1) is 0 Å². The van der Waals surface area contributed by atoms with Gasteiger partial charge in [-0.25, -0.2) is 4.98 Å². The first kappa shape index (κ1) is 17.2. The third-order valence-electron chi connectivity index (χ3n) is 6.72. The fourth-order valence-electron chi connectivity index (χ4n) is 4.62. The van der Waals surface area contributed by atoms with E-state index in [2.05, 4.69) is 31.1 Å². The van der Waals surface area contributed by atoms with Gasteiger partial charge in [0.2, 0.25) is 0 Å². The number of rotatable bonds is 2. The number of pyridine rings is 1. The van der Waals surface area contributed by atoms with Gasteiger partial charge in [0.05, 0.1) is 11.3 Å². The van der Waals surface area contributed by atoms with Crippen molar-refractivity contribution in [3.05, 3.63) is 29.1 Å². The van der Waals surface area contributed by atoms with Crippen LogP contribution in [0.25, 0.3) is 0 Å². The highest BCUT2D eigenvalue weighted by molar-refractivity contribution is 5.95. The lowest BCUT2D eigenvalue weighted by atomic mass is 9.69. The number of fused-ring (bicyclic) bond motifs is 2. The minimum Gasteiger partial charge on any atom is -0.349 e. The second kappa shape index (κ2) is 5.20. The van der Waals surface area contributed by atoms with Crippen LogP contribution < -0.4 is 5.32 Å². The van der Waals surface area contributed by atoms with Crippen molar-refractivity contribution >= 4 is 5.91 Å². The van der Waals surface area contributed by atoms with Crippen LogP contribution in [0.4, 0.5) is 13.2 Å². The first-order valence-corrected chi connectivity index (χ1v) is 8.32. The van der Waals surface area contributed by atoms with Crippen LogP contribution in [0, 0.1) is 23.7 Å². The largest absolute Gasteiger partial charge is 0.433 e. The van der Waals surface area contributed by atoms with Crippen LogP contribution >= 0.6 is 0 Å². The van der Waals surface area contributed by atoms with Gasteiger partial charge < -0.3 is 5.32 Å². The summed E-state index contributed by atoms with van der Waals surface area (Å²) < 4.78 is 38.1. The number of aromatic nitrogens is 1. The van der Waals surface area contributed by atoms with E-state index in [4.69, 9.17) is 0 Å². The SMILES string of the molecule is Cc1nc(C(F)(F)F)ccc1C(=O)NC1CC2CCC1(C)C2(C)C. The molecule has 1 aromatic heterocycles. The Bertz CT molecular complexity index is 683. The molecule has 2 bridgehead atoms. The van der Waals surface area contributed by atoms with Gasteiger partial charge in [0.15, 0.2) is 0 Å². The number of carbonyl (C=O) groups is 1. The summed E-state index contributed by atoms with van der Waals surface area (Å²) in [6, 6.07) is 2.15. The molecule has 2 aliphatic carbocycles. The van der Waals surface area contributed by atoms with Crippen LogP contribution in [-0.2, 0) is 6.18 Å². The third-order valence-corrected chi connectivity index (χ3v) is 6.72. The van der Waals surface area contributed by atoms with E-state index in [0.29, 0.717) is 5.92 Å². The molecule has 2 fully saturated rings. The molecule has 1 aromatic rings. The number of halogens is 3. The highest BCUT2D eigenvalue weighted by Crippen LogP contribution is 2.65. The van der Waals surface area contributed by atoms with E-state index < -0.39 is 11.9 Å². The maximum Gasteiger partial charge on any atom is 0.433 e. The summed E-state index contributed by atoms with van der Waals surface area (Å²) in [5.41, 5.74) is -0.453. The lowest BCUT2D eigenvalue weighted by Gasteiger charge is -2.39. The monoisotopic (exact) mass is 340 g/mol. The van der Waals surface area contributed by atoms with E-state index in [-0.39, 0.29) is 34.0 Å². The summed E-state index contributed by atoms with van der Waals surface area (Å²) in [4.78, 5) is 16.1. The van der Waals surface area contributed by atoms with Gasteiger partial charge in [0.1, 0.15) is 5.69 Å². The molecule has 0 aromatic carbocycles. The summed E-state index contributed by atoms with van der Waals surface area (Å²) in [6.07, 6.45) is -1.32. The zero-order valence-electron chi connectivity index (χ0n) is 14.4. The minimum atomic E-state index is -4.50. The summed E-state index contributed by atoms with van der Waals surface area (Å²) in [7, 11) is 0. The third kappa shape index (κ3) is 2.42. The van der Waals surface area contributed by atoms with E-state index in [9.17, 15) is 18.0 Å². The van der Waals surface area contributed by atoms with Crippen molar-refractivity contribution in [2.75, 3.05) is 0 Å². The summed E-state index contributed by atoms with van der Waals surface area (Å²) >= 11 is 0. The lowest BCUT2D eigenvalue weighted by molar-refractivity contribution is -0.141. The van der Waals surface area contributed by atoms with Crippen molar-refractivity contribution in [1.29, 1.82) is 0 Å². The zero-order valence-corrected chi connectivity index (χ0v) is 14.4. The van der Waals surface area contributed by atoms with Crippen LogP contribution in [0.15, 0.2) is 12.1 Å². The van der Waals surface area contributed by atoms with Gasteiger partial charge in [-0.2, -0.15) is 13.2 Å². The Morgan fingerprint density at radius 2 is 1.96 bits per heavy atom. The molecule has 3 rings (SSSR count). The average Bonchev–Trinajstić information content (AvgIpc) is 2.79. The Morgan fingerprint density at radius 1 is 1.29 bits per heavy atom. The molecule has 1 heterocycles. The molecule has 6 heteroatoms. The second-order valence-corrected chi connectivity index (χ2v) is 7.96. The molecule has 0 radical (unpaired) electrons. The van der Waals surface area contributed by atoms with E-state index in [0.717, 1.165) is 18.9 Å². The number of nitrogens with zero attached hydrogens (tertiary/aromatic N) is 1. The minimum absolute atomic E-state index is 0.0283. The first-order chi connectivity index (χ1) is 11.0. The molecular formula is C18H23F3N2O. The molecule has 132 valence electrons.